The van der Waals surface area contributed by atoms with Crippen LogP contribution in [0.5, 0.6) is 5.75 Å². The fraction of sp³-hybridized carbons (Fsp3) is 0.370. The molecule has 0 saturated carbocycles. The van der Waals surface area contributed by atoms with Crippen molar-refractivity contribution in [1.29, 1.82) is 5.26 Å². The number of anilines is 2. The molecule has 1 saturated heterocycles. The van der Waals surface area contributed by atoms with Crippen molar-refractivity contribution < 1.29 is 15.1 Å². The lowest BCUT2D eigenvalue weighted by molar-refractivity contribution is -0.0394. The molecule has 10 heteroatoms. The molecule has 0 amide bonds. The topological polar surface area (TPSA) is 118 Å². The van der Waals surface area contributed by atoms with Gasteiger partial charge in [0.1, 0.15) is 18.4 Å². The normalized spacial score (nSPS) is 14.5. The molecule has 37 heavy (non-hydrogen) atoms. The van der Waals surface area contributed by atoms with Crippen LogP contribution in [0.15, 0.2) is 48.7 Å². The number of rotatable bonds is 8. The second kappa shape index (κ2) is 11.3. The molecule has 1 aliphatic rings. The van der Waals surface area contributed by atoms with Gasteiger partial charge in [0.2, 0.25) is 5.95 Å². The first-order valence-electron chi connectivity index (χ1n) is 12.1. The zero-order valence-corrected chi connectivity index (χ0v) is 21.9. The Balaban J connectivity index is 1.49. The molecule has 3 aromatic rings. The van der Waals surface area contributed by atoms with Gasteiger partial charge in [0.25, 0.3) is 0 Å². The molecule has 0 unspecified atom stereocenters. The first-order valence-corrected chi connectivity index (χ1v) is 12.5. The van der Waals surface area contributed by atoms with Gasteiger partial charge in [0.15, 0.2) is 0 Å². The monoisotopic (exact) mass is 522 g/mol. The fourth-order valence-electron chi connectivity index (χ4n) is 4.42. The molecule has 3 N–H and O–H groups in total. The zero-order valence-electron chi connectivity index (χ0n) is 21.1. The summed E-state index contributed by atoms with van der Waals surface area (Å²) in [7, 11) is 1.43. The SMILES string of the molecule is CN(O)Nc1nccc(COc2ccc(C(C)(C)c3cc(Cl)c(N4CCC(O)CC4)c(C#N)c3)cc2)n1. The minimum absolute atomic E-state index is 0.241. The first-order chi connectivity index (χ1) is 17.7. The van der Waals surface area contributed by atoms with E-state index in [1.807, 2.05) is 36.4 Å². The molecule has 4 rings (SSSR count). The highest BCUT2D eigenvalue weighted by atomic mass is 35.5. The third-order valence-corrected chi connectivity index (χ3v) is 6.91. The van der Waals surface area contributed by atoms with E-state index in [2.05, 4.69) is 40.2 Å². The van der Waals surface area contributed by atoms with Crippen LogP contribution in [0.2, 0.25) is 5.02 Å². The molecule has 0 atom stereocenters. The first kappa shape index (κ1) is 26.6. The van der Waals surface area contributed by atoms with Crippen LogP contribution in [0, 0.1) is 11.3 Å². The molecule has 2 heterocycles. The number of nitrogens with one attached hydrogen (secondary N) is 1. The van der Waals surface area contributed by atoms with Crippen LogP contribution in [0.25, 0.3) is 0 Å². The number of halogens is 1. The van der Waals surface area contributed by atoms with Crippen LogP contribution < -0.4 is 15.1 Å². The van der Waals surface area contributed by atoms with Crippen LogP contribution >= 0.6 is 11.6 Å². The summed E-state index contributed by atoms with van der Waals surface area (Å²) in [6, 6.07) is 15.7. The Morgan fingerprint density at radius 2 is 1.89 bits per heavy atom. The molecule has 9 nitrogen and oxygen atoms in total. The van der Waals surface area contributed by atoms with Crippen molar-refractivity contribution in [1.82, 2.24) is 15.1 Å². The van der Waals surface area contributed by atoms with Gasteiger partial charge in [-0.25, -0.2) is 9.97 Å². The van der Waals surface area contributed by atoms with Crippen molar-refractivity contribution in [2.24, 2.45) is 0 Å². The van der Waals surface area contributed by atoms with Gasteiger partial charge in [-0.1, -0.05) is 37.6 Å². The number of hydroxylamine groups is 1. The highest BCUT2D eigenvalue weighted by molar-refractivity contribution is 6.33. The van der Waals surface area contributed by atoms with Gasteiger partial charge in [0, 0.05) is 31.7 Å². The molecule has 1 fully saturated rings. The van der Waals surface area contributed by atoms with E-state index in [9.17, 15) is 15.6 Å². The Morgan fingerprint density at radius 1 is 1.19 bits per heavy atom. The van der Waals surface area contributed by atoms with Crippen LogP contribution in [0.3, 0.4) is 0 Å². The van der Waals surface area contributed by atoms with Gasteiger partial charge in [-0.3, -0.25) is 10.6 Å². The van der Waals surface area contributed by atoms with Gasteiger partial charge in [0.05, 0.1) is 28.1 Å². The predicted octanol–water partition coefficient (Wildman–Crippen LogP) is 4.52. The van der Waals surface area contributed by atoms with Crippen molar-refractivity contribution in [3.63, 3.8) is 0 Å². The highest BCUT2D eigenvalue weighted by Gasteiger charge is 2.28. The number of hydrogen-bond acceptors (Lipinski definition) is 9. The number of piperidine rings is 1. The Kier molecular flexibility index (Phi) is 8.15. The quantitative estimate of drug-likeness (QED) is 0.367. The van der Waals surface area contributed by atoms with Crippen LogP contribution in [-0.2, 0) is 12.0 Å². The number of ether oxygens (including phenoxy) is 1. The minimum Gasteiger partial charge on any atom is -0.487 e. The van der Waals surface area contributed by atoms with Crippen molar-refractivity contribution in [3.05, 3.63) is 76.1 Å². The lowest BCUT2D eigenvalue weighted by Crippen LogP contribution is -2.36. The summed E-state index contributed by atoms with van der Waals surface area (Å²) in [5, 5.41) is 30.4. The molecule has 0 aliphatic carbocycles. The number of hydrogen-bond donors (Lipinski definition) is 3. The van der Waals surface area contributed by atoms with Gasteiger partial charge in [-0.15, -0.1) is 5.17 Å². The number of nitriles is 1. The Bertz CT molecular complexity index is 1270. The lowest BCUT2D eigenvalue weighted by Gasteiger charge is -2.34. The fourth-order valence-corrected chi connectivity index (χ4v) is 4.76. The summed E-state index contributed by atoms with van der Waals surface area (Å²) in [6.45, 7) is 5.78. The van der Waals surface area contributed by atoms with E-state index < -0.39 is 5.41 Å². The largest absolute Gasteiger partial charge is 0.487 e. The second-order valence-corrected chi connectivity index (χ2v) is 10.0. The summed E-state index contributed by atoms with van der Waals surface area (Å²) >= 11 is 6.73. The standard InChI is InChI=1S/C27H31ClN6O3/c1-27(2,20-14-18(16-29)25(24(28)15-20)34-12-9-22(35)10-13-34)19-4-6-23(7-5-19)37-17-21-8-11-30-26(31-21)32-33(3)36/h4-8,11,14-15,22,35-36H,9-10,12-13,17H2,1-3H3,(H,30,31,32). The van der Waals surface area contributed by atoms with Crippen molar-refractivity contribution in [2.45, 2.75) is 44.8 Å². The predicted molar refractivity (Wildman–Crippen MR) is 142 cm³/mol. The lowest BCUT2D eigenvalue weighted by atomic mass is 9.77. The van der Waals surface area contributed by atoms with E-state index in [-0.39, 0.29) is 18.7 Å². The third kappa shape index (κ3) is 6.29. The van der Waals surface area contributed by atoms with Gasteiger partial charge in [-0.05, 0) is 54.3 Å². The molecule has 1 aliphatic heterocycles. The summed E-state index contributed by atoms with van der Waals surface area (Å²) in [5.41, 5.74) is 6.11. The number of aliphatic hydroxyl groups excluding tert-OH is 1. The molecule has 2 aromatic carbocycles. The number of benzene rings is 2. The van der Waals surface area contributed by atoms with E-state index >= 15 is 0 Å². The van der Waals surface area contributed by atoms with Gasteiger partial charge in [-0.2, -0.15) is 5.26 Å². The van der Waals surface area contributed by atoms with Crippen molar-refractivity contribution in [3.8, 4) is 11.8 Å². The van der Waals surface area contributed by atoms with E-state index in [0.717, 1.165) is 22.0 Å². The summed E-state index contributed by atoms with van der Waals surface area (Å²) in [6.07, 6.45) is 2.62. The molecule has 194 valence electrons. The van der Waals surface area contributed by atoms with Gasteiger partial charge >= 0.3 is 0 Å². The number of nitrogens with zero attached hydrogens (tertiary/aromatic N) is 5. The molecular weight excluding hydrogens is 492 g/mol. The maximum Gasteiger partial charge on any atom is 0.239 e. The van der Waals surface area contributed by atoms with Gasteiger partial charge < -0.3 is 14.7 Å². The summed E-state index contributed by atoms with van der Waals surface area (Å²) in [5.74, 6) is 0.952. The van der Waals surface area contributed by atoms with E-state index in [4.69, 9.17) is 16.3 Å². The van der Waals surface area contributed by atoms with E-state index in [1.165, 1.54) is 7.05 Å². The average molecular weight is 523 g/mol. The molecule has 0 bridgehead atoms. The molecule has 1 aromatic heterocycles. The highest BCUT2D eigenvalue weighted by Crippen LogP contribution is 2.39. The second-order valence-electron chi connectivity index (χ2n) is 9.63. The summed E-state index contributed by atoms with van der Waals surface area (Å²) < 4.78 is 5.89. The maximum atomic E-state index is 9.91. The number of aliphatic hydroxyl groups is 1. The molecule has 0 spiro atoms. The van der Waals surface area contributed by atoms with Crippen LogP contribution in [0.1, 0.15) is 49.1 Å². The number of hydrazine groups is 1. The van der Waals surface area contributed by atoms with Crippen molar-refractivity contribution >= 4 is 23.2 Å². The zero-order chi connectivity index (χ0) is 26.6. The van der Waals surface area contributed by atoms with E-state index in [1.54, 1.807) is 12.3 Å². The van der Waals surface area contributed by atoms with E-state index in [0.29, 0.717) is 48.0 Å². The molecule has 0 radical (unpaired) electrons. The smallest absolute Gasteiger partial charge is 0.239 e. The Labute approximate surface area is 221 Å². The Morgan fingerprint density at radius 3 is 2.54 bits per heavy atom. The minimum atomic E-state index is -0.409. The number of aromatic nitrogens is 2. The van der Waals surface area contributed by atoms with Crippen LogP contribution in [0.4, 0.5) is 11.6 Å². The maximum absolute atomic E-state index is 9.91. The third-order valence-electron chi connectivity index (χ3n) is 6.62. The molecular formula is C27H31ClN6O3. The Hall–Kier alpha value is -3.42. The summed E-state index contributed by atoms with van der Waals surface area (Å²) in [4.78, 5) is 10.4. The average Bonchev–Trinajstić information content (AvgIpc) is 2.88. The van der Waals surface area contributed by atoms with Crippen molar-refractivity contribution in [2.75, 3.05) is 30.5 Å². The van der Waals surface area contributed by atoms with Crippen LogP contribution in [-0.4, -0.2) is 51.7 Å².